The van der Waals surface area contributed by atoms with Crippen LogP contribution in [0.1, 0.15) is 5.56 Å². The summed E-state index contributed by atoms with van der Waals surface area (Å²) in [6, 6.07) is 15.9. The molecule has 0 unspecified atom stereocenters. The van der Waals surface area contributed by atoms with E-state index < -0.39 is 5.97 Å². The zero-order valence-electron chi connectivity index (χ0n) is 12.2. The Labute approximate surface area is 146 Å². The van der Waals surface area contributed by atoms with Gasteiger partial charge in [0.25, 0.3) is 0 Å². The minimum atomic E-state index is -1.13. The molecule has 0 aliphatic heterocycles. The SMILES string of the molecule is O=C(O)/C(=N/Nc1nnc(-c2cccc(Cl)c2)s1)c1ccccc1. The summed E-state index contributed by atoms with van der Waals surface area (Å²) in [6.45, 7) is 0. The monoisotopic (exact) mass is 358 g/mol. The molecule has 0 aliphatic carbocycles. The molecule has 0 spiro atoms. The molecule has 1 heterocycles. The third-order valence-corrected chi connectivity index (χ3v) is 4.12. The molecule has 0 fully saturated rings. The Morgan fingerprint density at radius 3 is 2.62 bits per heavy atom. The molecule has 120 valence electrons. The quantitative estimate of drug-likeness (QED) is 0.535. The second-order valence-corrected chi connectivity index (χ2v) is 6.08. The van der Waals surface area contributed by atoms with Crippen LogP contribution in [0.15, 0.2) is 59.7 Å². The number of hydrogen-bond acceptors (Lipinski definition) is 6. The Morgan fingerprint density at radius 1 is 1.12 bits per heavy atom. The van der Waals surface area contributed by atoms with Crippen molar-refractivity contribution >= 4 is 39.8 Å². The highest BCUT2D eigenvalue weighted by molar-refractivity contribution is 7.18. The maximum Gasteiger partial charge on any atom is 0.356 e. The maximum absolute atomic E-state index is 11.4. The van der Waals surface area contributed by atoms with Crippen LogP contribution in [0.25, 0.3) is 10.6 Å². The molecule has 0 radical (unpaired) electrons. The molecule has 0 bridgehead atoms. The Hall–Kier alpha value is -2.77. The van der Waals surface area contributed by atoms with E-state index in [0.717, 1.165) is 5.56 Å². The number of halogens is 1. The average molecular weight is 359 g/mol. The number of nitrogens with zero attached hydrogens (tertiary/aromatic N) is 3. The molecule has 0 saturated heterocycles. The number of carbonyl (C=O) groups is 1. The van der Waals surface area contributed by atoms with E-state index in [-0.39, 0.29) is 5.71 Å². The summed E-state index contributed by atoms with van der Waals surface area (Å²) >= 11 is 7.21. The van der Waals surface area contributed by atoms with Crippen molar-refractivity contribution in [3.8, 4) is 10.6 Å². The van der Waals surface area contributed by atoms with Gasteiger partial charge in [0, 0.05) is 16.1 Å². The van der Waals surface area contributed by atoms with Crippen molar-refractivity contribution < 1.29 is 9.90 Å². The van der Waals surface area contributed by atoms with Gasteiger partial charge in [-0.3, -0.25) is 5.43 Å². The number of carboxylic acids is 1. The van der Waals surface area contributed by atoms with E-state index in [2.05, 4.69) is 20.7 Å². The van der Waals surface area contributed by atoms with E-state index in [1.54, 1.807) is 42.5 Å². The minimum Gasteiger partial charge on any atom is -0.476 e. The third-order valence-electron chi connectivity index (χ3n) is 3.01. The van der Waals surface area contributed by atoms with Gasteiger partial charge in [-0.2, -0.15) is 5.10 Å². The Kier molecular flexibility index (Phi) is 4.83. The zero-order chi connectivity index (χ0) is 16.9. The number of hydrazone groups is 1. The van der Waals surface area contributed by atoms with Gasteiger partial charge >= 0.3 is 5.97 Å². The Balaban J connectivity index is 1.82. The number of carboxylic acid groups (broad SMARTS) is 1. The molecule has 3 aromatic rings. The summed E-state index contributed by atoms with van der Waals surface area (Å²) in [7, 11) is 0. The number of benzene rings is 2. The summed E-state index contributed by atoms with van der Waals surface area (Å²) < 4.78 is 0. The Bertz CT molecular complexity index is 896. The van der Waals surface area contributed by atoms with Crippen LogP contribution in [0.3, 0.4) is 0 Å². The lowest BCUT2D eigenvalue weighted by molar-refractivity contribution is -0.129. The van der Waals surface area contributed by atoms with Gasteiger partial charge in [0.15, 0.2) is 5.71 Å². The highest BCUT2D eigenvalue weighted by Gasteiger charge is 2.13. The zero-order valence-corrected chi connectivity index (χ0v) is 13.8. The molecular formula is C16H11ClN4O2S. The van der Waals surface area contributed by atoms with Gasteiger partial charge in [-0.05, 0) is 12.1 Å². The summed E-state index contributed by atoms with van der Waals surface area (Å²) in [6.07, 6.45) is 0. The van der Waals surface area contributed by atoms with Crippen molar-refractivity contribution in [2.24, 2.45) is 5.10 Å². The van der Waals surface area contributed by atoms with Gasteiger partial charge in [-0.15, -0.1) is 10.2 Å². The fourth-order valence-electron chi connectivity index (χ4n) is 1.94. The predicted octanol–water partition coefficient (Wildman–Crippen LogP) is 3.76. The first-order valence-electron chi connectivity index (χ1n) is 6.85. The molecule has 0 atom stereocenters. The van der Waals surface area contributed by atoms with Gasteiger partial charge in [0.2, 0.25) is 5.13 Å². The van der Waals surface area contributed by atoms with E-state index in [1.807, 2.05) is 12.1 Å². The molecule has 3 rings (SSSR count). The van der Waals surface area contributed by atoms with Crippen LogP contribution >= 0.6 is 22.9 Å². The second kappa shape index (κ2) is 7.20. The highest BCUT2D eigenvalue weighted by atomic mass is 35.5. The van der Waals surface area contributed by atoms with E-state index >= 15 is 0 Å². The van der Waals surface area contributed by atoms with Crippen LogP contribution in [0.5, 0.6) is 0 Å². The Morgan fingerprint density at radius 2 is 1.92 bits per heavy atom. The van der Waals surface area contributed by atoms with Crippen molar-refractivity contribution in [1.82, 2.24) is 10.2 Å². The molecular weight excluding hydrogens is 348 g/mol. The molecule has 0 aliphatic rings. The van der Waals surface area contributed by atoms with E-state index in [4.69, 9.17) is 11.6 Å². The largest absolute Gasteiger partial charge is 0.476 e. The molecule has 2 N–H and O–H groups in total. The first kappa shape index (κ1) is 16.1. The number of rotatable bonds is 5. The van der Waals surface area contributed by atoms with Crippen LogP contribution in [0.4, 0.5) is 5.13 Å². The van der Waals surface area contributed by atoms with Crippen LogP contribution < -0.4 is 5.43 Å². The number of hydrogen-bond donors (Lipinski definition) is 2. The highest BCUT2D eigenvalue weighted by Crippen LogP contribution is 2.28. The summed E-state index contributed by atoms with van der Waals surface area (Å²) in [5, 5.41) is 22.9. The van der Waals surface area contributed by atoms with Crippen molar-refractivity contribution in [3.63, 3.8) is 0 Å². The minimum absolute atomic E-state index is 0.102. The number of aliphatic carboxylic acids is 1. The van der Waals surface area contributed by atoms with Crippen LogP contribution in [0, 0.1) is 0 Å². The van der Waals surface area contributed by atoms with Crippen LogP contribution in [-0.4, -0.2) is 27.0 Å². The standard InChI is InChI=1S/C16H11ClN4O2S/c17-12-8-4-7-11(9-12)14-19-21-16(24-14)20-18-13(15(22)23)10-5-2-1-3-6-10/h1-9H,(H,20,21)(H,22,23)/b18-13+. The lowest BCUT2D eigenvalue weighted by Gasteiger charge is -2.01. The molecule has 2 aromatic carbocycles. The van der Waals surface area contributed by atoms with Crippen LogP contribution in [-0.2, 0) is 4.79 Å². The lowest BCUT2D eigenvalue weighted by atomic mass is 10.1. The summed E-state index contributed by atoms with van der Waals surface area (Å²) in [5.74, 6) is -1.13. The maximum atomic E-state index is 11.4. The van der Waals surface area contributed by atoms with E-state index in [9.17, 15) is 9.90 Å². The van der Waals surface area contributed by atoms with E-state index in [1.165, 1.54) is 11.3 Å². The first-order valence-corrected chi connectivity index (χ1v) is 8.05. The van der Waals surface area contributed by atoms with Crippen molar-refractivity contribution in [2.45, 2.75) is 0 Å². The van der Waals surface area contributed by atoms with Crippen molar-refractivity contribution in [1.29, 1.82) is 0 Å². The summed E-state index contributed by atoms with van der Waals surface area (Å²) in [5.41, 5.74) is 3.88. The smallest absolute Gasteiger partial charge is 0.356 e. The third kappa shape index (κ3) is 3.76. The lowest BCUT2D eigenvalue weighted by Crippen LogP contribution is -2.16. The first-order chi connectivity index (χ1) is 11.6. The fraction of sp³-hybridized carbons (Fsp3) is 0. The van der Waals surface area contributed by atoms with Crippen molar-refractivity contribution in [3.05, 3.63) is 65.2 Å². The average Bonchev–Trinajstić information content (AvgIpc) is 3.05. The fourth-order valence-corrected chi connectivity index (χ4v) is 2.82. The molecule has 8 heteroatoms. The van der Waals surface area contributed by atoms with Gasteiger partial charge in [-0.1, -0.05) is 65.4 Å². The topological polar surface area (TPSA) is 87.5 Å². The van der Waals surface area contributed by atoms with Gasteiger partial charge in [0.05, 0.1) is 0 Å². The van der Waals surface area contributed by atoms with Gasteiger partial charge in [-0.25, -0.2) is 4.79 Å². The van der Waals surface area contributed by atoms with E-state index in [0.29, 0.717) is 20.7 Å². The summed E-state index contributed by atoms with van der Waals surface area (Å²) in [4.78, 5) is 11.4. The number of aromatic nitrogens is 2. The predicted molar refractivity (Wildman–Crippen MR) is 94.6 cm³/mol. The number of anilines is 1. The number of nitrogens with one attached hydrogen (secondary N) is 1. The molecule has 6 nitrogen and oxygen atoms in total. The van der Waals surface area contributed by atoms with Crippen molar-refractivity contribution in [2.75, 3.05) is 5.43 Å². The normalized spacial score (nSPS) is 11.3. The molecule has 0 amide bonds. The van der Waals surface area contributed by atoms with Gasteiger partial charge in [0.1, 0.15) is 5.01 Å². The molecule has 1 aromatic heterocycles. The second-order valence-electron chi connectivity index (χ2n) is 4.67. The molecule has 24 heavy (non-hydrogen) atoms. The molecule has 0 saturated carbocycles. The van der Waals surface area contributed by atoms with Gasteiger partial charge < -0.3 is 5.11 Å². The van der Waals surface area contributed by atoms with Crippen LogP contribution in [0.2, 0.25) is 5.02 Å².